The molecule has 1 aliphatic rings. The van der Waals surface area contributed by atoms with Gasteiger partial charge in [-0.1, -0.05) is 6.92 Å². The number of piperidine rings is 1. The van der Waals surface area contributed by atoms with Crippen LogP contribution < -0.4 is 5.32 Å². The van der Waals surface area contributed by atoms with Gasteiger partial charge in [0.05, 0.1) is 5.60 Å². The molecule has 0 aromatic carbocycles. The van der Waals surface area contributed by atoms with Crippen molar-refractivity contribution in [3.05, 3.63) is 0 Å². The maximum absolute atomic E-state index is 12.1. The van der Waals surface area contributed by atoms with Crippen molar-refractivity contribution in [2.75, 3.05) is 20.2 Å². The van der Waals surface area contributed by atoms with E-state index in [1.54, 1.807) is 7.11 Å². The molecule has 6 heteroatoms. The highest BCUT2D eigenvalue weighted by atomic mass is 16.5. The predicted molar refractivity (Wildman–Crippen MR) is 71.0 cm³/mol. The van der Waals surface area contributed by atoms with Gasteiger partial charge in [-0.25, -0.2) is 9.59 Å². The molecular formula is C13H24N2O4. The van der Waals surface area contributed by atoms with Crippen molar-refractivity contribution in [2.45, 2.75) is 45.3 Å². The van der Waals surface area contributed by atoms with E-state index in [0.29, 0.717) is 25.4 Å². The lowest BCUT2D eigenvalue weighted by Crippen LogP contribution is -2.55. The maximum Gasteiger partial charge on any atom is 0.326 e. The Morgan fingerprint density at radius 2 is 2.11 bits per heavy atom. The lowest BCUT2D eigenvalue weighted by atomic mass is 9.93. The van der Waals surface area contributed by atoms with Gasteiger partial charge in [-0.2, -0.15) is 0 Å². The number of aliphatic carboxylic acids is 1. The van der Waals surface area contributed by atoms with Crippen molar-refractivity contribution < 1.29 is 19.4 Å². The van der Waals surface area contributed by atoms with E-state index in [2.05, 4.69) is 5.32 Å². The highest BCUT2D eigenvalue weighted by Crippen LogP contribution is 2.22. The maximum atomic E-state index is 12.1. The van der Waals surface area contributed by atoms with Gasteiger partial charge in [0.25, 0.3) is 0 Å². The van der Waals surface area contributed by atoms with Gasteiger partial charge in [0.1, 0.15) is 6.04 Å². The monoisotopic (exact) mass is 272 g/mol. The van der Waals surface area contributed by atoms with Crippen LogP contribution in [0, 0.1) is 5.92 Å². The summed E-state index contributed by atoms with van der Waals surface area (Å²) < 4.78 is 5.22. The molecule has 6 nitrogen and oxygen atoms in total. The summed E-state index contributed by atoms with van der Waals surface area (Å²) in [5.41, 5.74) is -0.461. The Morgan fingerprint density at radius 3 is 2.63 bits per heavy atom. The number of ether oxygens (including phenoxy) is 1. The number of carbonyl (C=O) groups excluding carboxylic acids is 1. The molecular weight excluding hydrogens is 248 g/mol. The molecule has 19 heavy (non-hydrogen) atoms. The molecule has 1 saturated heterocycles. The van der Waals surface area contributed by atoms with Gasteiger partial charge in [0, 0.05) is 20.2 Å². The van der Waals surface area contributed by atoms with E-state index >= 15 is 0 Å². The van der Waals surface area contributed by atoms with Crippen LogP contribution in [0.2, 0.25) is 0 Å². The van der Waals surface area contributed by atoms with Gasteiger partial charge in [0.15, 0.2) is 0 Å². The highest BCUT2D eigenvalue weighted by molar-refractivity contribution is 5.82. The fourth-order valence-corrected chi connectivity index (χ4v) is 2.08. The number of hydrogen-bond donors (Lipinski definition) is 2. The molecule has 0 radical (unpaired) electrons. The van der Waals surface area contributed by atoms with Gasteiger partial charge >= 0.3 is 12.0 Å². The normalized spacial score (nSPS) is 24.1. The minimum Gasteiger partial charge on any atom is -0.480 e. The third-order valence-electron chi connectivity index (χ3n) is 3.63. The van der Waals surface area contributed by atoms with Crippen LogP contribution in [0.25, 0.3) is 0 Å². The van der Waals surface area contributed by atoms with Crippen molar-refractivity contribution >= 4 is 12.0 Å². The van der Waals surface area contributed by atoms with E-state index in [-0.39, 0.29) is 6.03 Å². The van der Waals surface area contributed by atoms with Crippen molar-refractivity contribution in [3.8, 4) is 0 Å². The molecule has 1 heterocycles. The Balaban J connectivity index is 2.61. The van der Waals surface area contributed by atoms with E-state index < -0.39 is 17.6 Å². The van der Waals surface area contributed by atoms with Gasteiger partial charge in [-0.15, -0.1) is 0 Å². The van der Waals surface area contributed by atoms with Gasteiger partial charge in [-0.05, 0) is 32.6 Å². The van der Waals surface area contributed by atoms with E-state index in [1.165, 1.54) is 4.90 Å². The summed E-state index contributed by atoms with van der Waals surface area (Å²) in [5.74, 6) is -0.603. The number of nitrogens with zero attached hydrogens (tertiary/aromatic N) is 1. The largest absolute Gasteiger partial charge is 0.480 e. The van der Waals surface area contributed by atoms with Crippen molar-refractivity contribution in [1.29, 1.82) is 0 Å². The minimum absolute atomic E-state index is 0.329. The van der Waals surface area contributed by atoms with Crippen LogP contribution >= 0.6 is 0 Å². The molecule has 0 aliphatic carbocycles. The molecule has 2 unspecified atom stereocenters. The summed E-state index contributed by atoms with van der Waals surface area (Å²) in [6, 6.07) is -1.06. The molecule has 0 aromatic heterocycles. The molecule has 0 bridgehead atoms. The van der Waals surface area contributed by atoms with Crippen LogP contribution in [0.1, 0.15) is 33.6 Å². The number of hydrogen-bond acceptors (Lipinski definition) is 3. The Labute approximate surface area is 114 Å². The molecule has 2 amide bonds. The smallest absolute Gasteiger partial charge is 0.326 e. The predicted octanol–water partition coefficient (Wildman–Crippen LogP) is 1.31. The zero-order valence-electron chi connectivity index (χ0n) is 12.1. The first-order valence-electron chi connectivity index (χ1n) is 6.59. The van der Waals surface area contributed by atoms with Crippen LogP contribution in [0.15, 0.2) is 0 Å². The average Bonchev–Trinajstić information content (AvgIpc) is 2.36. The Hall–Kier alpha value is -1.30. The molecule has 110 valence electrons. The summed E-state index contributed by atoms with van der Waals surface area (Å²) in [6.45, 7) is 6.57. The second-order valence-electron chi connectivity index (χ2n) is 5.80. The van der Waals surface area contributed by atoms with Crippen molar-refractivity contribution in [2.24, 2.45) is 5.92 Å². The van der Waals surface area contributed by atoms with Crippen LogP contribution in [0.3, 0.4) is 0 Å². The number of carboxylic acids is 1. The standard InChI is InChI=1S/C13H24N2O4/c1-9-5-6-15(10(7-9)11(16)17)12(18)14-8-13(2,3)19-4/h9-10H,5-8H2,1-4H3,(H,14,18)(H,16,17). The second-order valence-corrected chi connectivity index (χ2v) is 5.80. The zero-order valence-corrected chi connectivity index (χ0v) is 12.1. The summed E-state index contributed by atoms with van der Waals surface area (Å²) in [6.07, 6.45) is 1.35. The Kier molecular flexibility index (Phi) is 5.17. The van der Waals surface area contributed by atoms with Crippen LogP contribution in [-0.4, -0.2) is 53.8 Å². The average molecular weight is 272 g/mol. The third-order valence-corrected chi connectivity index (χ3v) is 3.63. The topological polar surface area (TPSA) is 78.9 Å². The number of carbonyl (C=O) groups is 2. The van der Waals surface area contributed by atoms with Crippen LogP contribution in [0.5, 0.6) is 0 Å². The van der Waals surface area contributed by atoms with Crippen molar-refractivity contribution in [1.82, 2.24) is 10.2 Å². The zero-order chi connectivity index (χ0) is 14.6. The number of likely N-dealkylation sites (tertiary alicyclic amines) is 1. The second kappa shape index (κ2) is 6.23. The molecule has 0 saturated carbocycles. The van der Waals surface area contributed by atoms with Gasteiger partial charge < -0.3 is 20.1 Å². The summed E-state index contributed by atoms with van der Waals surface area (Å²) in [4.78, 5) is 24.7. The molecule has 1 fully saturated rings. The van der Waals surface area contributed by atoms with Gasteiger partial charge in [-0.3, -0.25) is 0 Å². The molecule has 1 rings (SSSR count). The fraction of sp³-hybridized carbons (Fsp3) is 0.846. The van der Waals surface area contributed by atoms with Gasteiger partial charge in [0.2, 0.25) is 0 Å². The van der Waals surface area contributed by atoms with Crippen molar-refractivity contribution in [3.63, 3.8) is 0 Å². The van der Waals surface area contributed by atoms with E-state index in [4.69, 9.17) is 4.74 Å². The molecule has 2 N–H and O–H groups in total. The lowest BCUT2D eigenvalue weighted by Gasteiger charge is -2.36. The van der Waals surface area contributed by atoms with Crippen LogP contribution in [-0.2, 0) is 9.53 Å². The Bertz CT molecular complexity index is 344. The number of rotatable bonds is 4. The molecule has 1 aliphatic heterocycles. The fourth-order valence-electron chi connectivity index (χ4n) is 2.08. The van der Waals surface area contributed by atoms with E-state index in [0.717, 1.165) is 6.42 Å². The molecule has 0 aromatic rings. The SMILES string of the molecule is COC(C)(C)CNC(=O)N1CCC(C)CC1C(=O)O. The van der Waals surface area contributed by atoms with E-state index in [9.17, 15) is 14.7 Å². The lowest BCUT2D eigenvalue weighted by molar-refractivity contribution is -0.143. The minimum atomic E-state index is -0.937. The first-order chi connectivity index (χ1) is 8.76. The first-order valence-corrected chi connectivity index (χ1v) is 6.59. The number of amides is 2. The molecule has 0 spiro atoms. The number of methoxy groups -OCH3 is 1. The van der Waals surface area contributed by atoms with Crippen LogP contribution in [0.4, 0.5) is 4.79 Å². The van der Waals surface area contributed by atoms with E-state index in [1.807, 2.05) is 20.8 Å². The molecule has 2 atom stereocenters. The number of nitrogens with one attached hydrogen (secondary N) is 1. The number of urea groups is 1. The summed E-state index contributed by atoms with van der Waals surface area (Å²) in [5, 5.41) is 11.9. The quantitative estimate of drug-likeness (QED) is 0.808. The summed E-state index contributed by atoms with van der Waals surface area (Å²) >= 11 is 0. The number of carboxylic acid groups (broad SMARTS) is 1. The first kappa shape index (κ1) is 15.8. The highest BCUT2D eigenvalue weighted by Gasteiger charge is 2.35. The third kappa shape index (κ3) is 4.38. The summed E-state index contributed by atoms with van der Waals surface area (Å²) in [7, 11) is 1.58. The Morgan fingerprint density at radius 1 is 1.47 bits per heavy atom.